The molecular formula is C24H18BrSi. The molecule has 0 aliphatic carbocycles. The van der Waals surface area contributed by atoms with Gasteiger partial charge in [-0.2, -0.15) is 0 Å². The average Bonchev–Trinajstić information content (AvgIpc) is 2.71. The molecule has 4 aromatic carbocycles. The number of hydrogen-bond donors (Lipinski definition) is 0. The van der Waals surface area contributed by atoms with Gasteiger partial charge in [-0.25, -0.2) is 0 Å². The summed E-state index contributed by atoms with van der Waals surface area (Å²) in [4.78, 5) is 0. The molecule has 26 heavy (non-hydrogen) atoms. The SMILES string of the molecule is Brc1ccc(-c2cccc([Si](c3ccccc3)c3ccccc3)c2)cc1. The van der Waals surface area contributed by atoms with Crippen molar-refractivity contribution in [3.05, 3.63) is 114 Å². The first-order valence-corrected chi connectivity index (χ1v) is 10.9. The van der Waals surface area contributed by atoms with Gasteiger partial charge in [0.05, 0.1) is 0 Å². The molecule has 0 aliphatic heterocycles. The van der Waals surface area contributed by atoms with Gasteiger partial charge in [-0.3, -0.25) is 0 Å². The minimum atomic E-state index is -1.02. The summed E-state index contributed by atoms with van der Waals surface area (Å²) in [6.45, 7) is 0. The van der Waals surface area contributed by atoms with Gasteiger partial charge in [0.1, 0.15) is 0 Å². The summed E-state index contributed by atoms with van der Waals surface area (Å²) in [7, 11) is -1.02. The van der Waals surface area contributed by atoms with Crippen LogP contribution in [0.1, 0.15) is 0 Å². The number of hydrogen-bond acceptors (Lipinski definition) is 0. The van der Waals surface area contributed by atoms with Crippen LogP contribution in [0.15, 0.2) is 114 Å². The predicted octanol–water partition coefficient (Wildman–Crippen LogP) is 4.63. The van der Waals surface area contributed by atoms with E-state index in [1.165, 1.54) is 26.7 Å². The van der Waals surface area contributed by atoms with Gasteiger partial charge in [-0.1, -0.05) is 129 Å². The van der Waals surface area contributed by atoms with Crippen LogP contribution in [-0.4, -0.2) is 8.80 Å². The van der Waals surface area contributed by atoms with Crippen LogP contribution in [0, 0.1) is 0 Å². The zero-order valence-corrected chi connectivity index (χ0v) is 16.9. The lowest BCUT2D eigenvalue weighted by atomic mass is 10.1. The van der Waals surface area contributed by atoms with Gasteiger partial charge in [0.2, 0.25) is 0 Å². The first-order chi connectivity index (χ1) is 12.8. The van der Waals surface area contributed by atoms with Crippen LogP contribution in [0.4, 0.5) is 0 Å². The number of halogens is 1. The molecule has 0 fully saturated rings. The second kappa shape index (κ2) is 7.86. The highest BCUT2D eigenvalue weighted by Crippen LogP contribution is 2.20. The van der Waals surface area contributed by atoms with E-state index in [1.807, 2.05) is 0 Å². The molecule has 0 aliphatic rings. The van der Waals surface area contributed by atoms with Crippen LogP contribution in [-0.2, 0) is 0 Å². The summed E-state index contributed by atoms with van der Waals surface area (Å²) in [5, 5.41) is 4.24. The second-order valence-corrected chi connectivity index (χ2v) is 9.59. The van der Waals surface area contributed by atoms with E-state index in [9.17, 15) is 0 Å². The Kier molecular flexibility index (Phi) is 5.14. The Morgan fingerprint density at radius 3 is 1.58 bits per heavy atom. The van der Waals surface area contributed by atoms with Gasteiger partial charge in [-0.05, 0) is 23.3 Å². The van der Waals surface area contributed by atoms with E-state index in [0.717, 1.165) is 4.47 Å². The van der Waals surface area contributed by atoms with Gasteiger partial charge in [0, 0.05) is 4.47 Å². The van der Waals surface area contributed by atoms with E-state index in [4.69, 9.17) is 0 Å². The summed E-state index contributed by atoms with van der Waals surface area (Å²) in [6, 6.07) is 39.3. The van der Waals surface area contributed by atoms with Crippen molar-refractivity contribution in [2.24, 2.45) is 0 Å². The molecular weight excluding hydrogens is 396 g/mol. The molecule has 2 heteroatoms. The Balaban J connectivity index is 1.82. The molecule has 0 atom stereocenters. The van der Waals surface area contributed by atoms with Crippen molar-refractivity contribution in [3.63, 3.8) is 0 Å². The zero-order chi connectivity index (χ0) is 17.8. The van der Waals surface area contributed by atoms with E-state index in [1.54, 1.807) is 0 Å². The molecule has 0 aromatic heterocycles. The smallest absolute Gasteiger partial charge is 0.0624 e. The summed E-state index contributed by atoms with van der Waals surface area (Å²) >= 11 is 3.52. The first kappa shape index (κ1) is 17.0. The summed E-state index contributed by atoms with van der Waals surface area (Å²) in [5.74, 6) is 0. The Labute approximate surface area is 164 Å². The van der Waals surface area contributed by atoms with Gasteiger partial charge in [0.15, 0.2) is 8.80 Å². The van der Waals surface area contributed by atoms with Crippen LogP contribution < -0.4 is 15.6 Å². The van der Waals surface area contributed by atoms with Crippen molar-refractivity contribution in [2.45, 2.75) is 0 Å². The third-order valence-electron chi connectivity index (χ3n) is 4.45. The number of benzene rings is 4. The minimum Gasteiger partial charge on any atom is -0.0624 e. The zero-order valence-electron chi connectivity index (χ0n) is 14.3. The molecule has 4 rings (SSSR count). The molecule has 125 valence electrons. The fourth-order valence-electron chi connectivity index (χ4n) is 3.21. The maximum Gasteiger partial charge on any atom is 0.154 e. The van der Waals surface area contributed by atoms with Crippen LogP contribution >= 0.6 is 15.9 Å². The highest BCUT2D eigenvalue weighted by Gasteiger charge is 2.19. The highest BCUT2D eigenvalue weighted by atomic mass is 79.9. The fourth-order valence-corrected chi connectivity index (χ4v) is 6.08. The van der Waals surface area contributed by atoms with Crippen molar-refractivity contribution in [1.82, 2.24) is 0 Å². The summed E-state index contributed by atoms with van der Waals surface area (Å²) in [5.41, 5.74) is 2.52. The average molecular weight is 414 g/mol. The molecule has 0 unspecified atom stereocenters. The molecule has 0 saturated carbocycles. The Hall–Kier alpha value is -2.42. The van der Waals surface area contributed by atoms with Gasteiger partial charge >= 0.3 is 0 Å². The van der Waals surface area contributed by atoms with Crippen LogP contribution in [0.2, 0.25) is 0 Å². The molecule has 0 N–H and O–H groups in total. The van der Waals surface area contributed by atoms with E-state index >= 15 is 0 Å². The molecule has 4 aromatic rings. The molecule has 0 bridgehead atoms. The molecule has 0 nitrogen and oxygen atoms in total. The molecule has 0 heterocycles. The molecule has 0 saturated heterocycles. The van der Waals surface area contributed by atoms with Gasteiger partial charge < -0.3 is 0 Å². The number of rotatable bonds is 4. The minimum absolute atomic E-state index is 1.02. The Bertz CT molecular complexity index is 940. The lowest BCUT2D eigenvalue weighted by molar-refractivity contribution is 1.60. The highest BCUT2D eigenvalue weighted by molar-refractivity contribution is 9.10. The quantitative estimate of drug-likeness (QED) is 0.337. The van der Waals surface area contributed by atoms with E-state index in [-0.39, 0.29) is 0 Å². The normalized spacial score (nSPS) is 10.8. The van der Waals surface area contributed by atoms with E-state index in [2.05, 4.69) is 125 Å². The van der Waals surface area contributed by atoms with E-state index < -0.39 is 8.80 Å². The fraction of sp³-hybridized carbons (Fsp3) is 0. The maximum absolute atomic E-state index is 3.52. The first-order valence-electron chi connectivity index (χ1n) is 8.65. The Morgan fingerprint density at radius 1 is 0.462 bits per heavy atom. The van der Waals surface area contributed by atoms with E-state index in [0.29, 0.717) is 0 Å². The lowest BCUT2D eigenvalue weighted by Crippen LogP contribution is -2.51. The van der Waals surface area contributed by atoms with Crippen molar-refractivity contribution < 1.29 is 0 Å². The molecule has 1 radical (unpaired) electrons. The second-order valence-electron chi connectivity index (χ2n) is 6.19. The summed E-state index contributed by atoms with van der Waals surface area (Å²) in [6.07, 6.45) is 0. The molecule has 0 amide bonds. The topological polar surface area (TPSA) is 0 Å². The van der Waals surface area contributed by atoms with Crippen molar-refractivity contribution in [2.75, 3.05) is 0 Å². The van der Waals surface area contributed by atoms with Gasteiger partial charge in [-0.15, -0.1) is 0 Å². The third-order valence-corrected chi connectivity index (χ3v) is 7.69. The summed E-state index contributed by atoms with van der Waals surface area (Å²) < 4.78 is 1.11. The predicted molar refractivity (Wildman–Crippen MR) is 117 cm³/mol. The molecule has 0 spiro atoms. The lowest BCUT2D eigenvalue weighted by Gasteiger charge is -2.17. The maximum atomic E-state index is 3.52. The van der Waals surface area contributed by atoms with Crippen molar-refractivity contribution in [3.8, 4) is 11.1 Å². The third kappa shape index (κ3) is 3.72. The van der Waals surface area contributed by atoms with Crippen molar-refractivity contribution >= 4 is 40.3 Å². The van der Waals surface area contributed by atoms with Gasteiger partial charge in [0.25, 0.3) is 0 Å². The largest absolute Gasteiger partial charge is 0.154 e. The van der Waals surface area contributed by atoms with Crippen LogP contribution in [0.3, 0.4) is 0 Å². The van der Waals surface area contributed by atoms with Crippen LogP contribution in [0.5, 0.6) is 0 Å². The van der Waals surface area contributed by atoms with Crippen molar-refractivity contribution in [1.29, 1.82) is 0 Å². The Morgan fingerprint density at radius 2 is 1.00 bits per heavy atom. The van der Waals surface area contributed by atoms with Crippen LogP contribution in [0.25, 0.3) is 11.1 Å². The monoisotopic (exact) mass is 413 g/mol. The standard InChI is InChI=1S/C24H18BrSi/c25-21-16-14-19(15-17-21)20-8-7-13-24(18-20)26(22-9-3-1-4-10-22)23-11-5-2-6-12-23/h1-18H.